The van der Waals surface area contributed by atoms with Crippen LogP contribution < -0.4 is 10.6 Å². The highest BCUT2D eigenvalue weighted by Gasteiger charge is 2.06. The number of carbonyl (C=O) groups is 1. The monoisotopic (exact) mass is 346 g/mol. The van der Waals surface area contributed by atoms with Crippen LogP contribution in [0.25, 0.3) is 0 Å². The molecule has 2 N–H and O–H groups in total. The van der Waals surface area contributed by atoms with Crippen molar-refractivity contribution in [2.75, 3.05) is 10.6 Å². The van der Waals surface area contributed by atoms with Gasteiger partial charge in [0.1, 0.15) is 5.82 Å². The minimum atomic E-state index is -0.106. The second kappa shape index (κ2) is 8.25. The lowest BCUT2D eigenvalue weighted by atomic mass is 10.1. The Morgan fingerprint density at radius 3 is 2.12 bits per heavy atom. The predicted octanol–water partition coefficient (Wildman–Crippen LogP) is 3.89. The van der Waals surface area contributed by atoms with Crippen LogP contribution in [0, 0.1) is 13.8 Å². The van der Waals surface area contributed by atoms with E-state index in [4.69, 9.17) is 0 Å². The minimum absolute atomic E-state index is 0.106. The van der Waals surface area contributed by atoms with Gasteiger partial charge in [0.15, 0.2) is 5.82 Å². The third-order valence-corrected chi connectivity index (χ3v) is 3.94. The van der Waals surface area contributed by atoms with Crippen molar-refractivity contribution in [1.29, 1.82) is 0 Å². The molecule has 5 nitrogen and oxygen atoms in total. The normalized spacial score (nSPS) is 10.4. The molecule has 1 amide bonds. The van der Waals surface area contributed by atoms with Gasteiger partial charge in [0.2, 0.25) is 5.91 Å². The zero-order chi connectivity index (χ0) is 18.4. The summed E-state index contributed by atoms with van der Waals surface area (Å²) in [6, 6.07) is 19.8. The predicted molar refractivity (Wildman–Crippen MR) is 104 cm³/mol. The quantitative estimate of drug-likeness (QED) is 0.711. The standard InChI is InChI=1S/C21H22N4O/c1-15-5-3-7-17(11-15)13-21(26)23-20-10-9-19(24-25-20)22-14-18-8-4-6-16(2)12-18/h3-12H,13-14H2,1-2H3,(H,22,24)(H,23,25,26). The molecule has 0 saturated carbocycles. The molecule has 0 fully saturated rings. The van der Waals surface area contributed by atoms with Crippen LogP contribution in [-0.4, -0.2) is 16.1 Å². The molecule has 5 heteroatoms. The van der Waals surface area contributed by atoms with E-state index in [1.54, 1.807) is 6.07 Å². The fraction of sp³-hybridized carbons (Fsp3) is 0.190. The van der Waals surface area contributed by atoms with Crippen molar-refractivity contribution in [2.45, 2.75) is 26.8 Å². The average molecular weight is 346 g/mol. The first-order valence-corrected chi connectivity index (χ1v) is 8.57. The van der Waals surface area contributed by atoms with E-state index in [1.807, 2.05) is 43.3 Å². The molecule has 132 valence electrons. The van der Waals surface area contributed by atoms with E-state index in [2.05, 4.69) is 46.0 Å². The summed E-state index contributed by atoms with van der Waals surface area (Å²) in [5, 5.41) is 14.2. The first kappa shape index (κ1) is 17.6. The molecule has 3 rings (SSSR count). The third-order valence-electron chi connectivity index (χ3n) is 3.94. The lowest BCUT2D eigenvalue weighted by Gasteiger charge is -2.08. The second-order valence-electron chi connectivity index (χ2n) is 6.36. The third kappa shape index (κ3) is 5.14. The first-order valence-electron chi connectivity index (χ1n) is 8.57. The van der Waals surface area contributed by atoms with Crippen LogP contribution >= 0.6 is 0 Å². The maximum absolute atomic E-state index is 12.1. The van der Waals surface area contributed by atoms with Crippen molar-refractivity contribution in [3.8, 4) is 0 Å². The highest BCUT2D eigenvalue weighted by molar-refractivity contribution is 5.91. The Morgan fingerprint density at radius 1 is 0.846 bits per heavy atom. The van der Waals surface area contributed by atoms with Crippen molar-refractivity contribution in [3.05, 3.63) is 82.9 Å². The molecule has 26 heavy (non-hydrogen) atoms. The van der Waals surface area contributed by atoms with Crippen molar-refractivity contribution in [1.82, 2.24) is 10.2 Å². The van der Waals surface area contributed by atoms with Crippen molar-refractivity contribution >= 4 is 17.5 Å². The number of amides is 1. The van der Waals surface area contributed by atoms with Crippen molar-refractivity contribution in [3.63, 3.8) is 0 Å². The van der Waals surface area contributed by atoms with Crippen LogP contribution in [0.4, 0.5) is 11.6 Å². The fourth-order valence-electron chi connectivity index (χ4n) is 2.70. The van der Waals surface area contributed by atoms with Crippen LogP contribution in [0.3, 0.4) is 0 Å². The highest BCUT2D eigenvalue weighted by Crippen LogP contribution is 2.11. The van der Waals surface area contributed by atoms with Gasteiger partial charge in [0.25, 0.3) is 0 Å². The maximum atomic E-state index is 12.1. The molecule has 0 aliphatic heterocycles. The van der Waals surface area contributed by atoms with Gasteiger partial charge in [-0.2, -0.15) is 0 Å². The Kier molecular flexibility index (Phi) is 5.59. The van der Waals surface area contributed by atoms with Crippen LogP contribution in [0.1, 0.15) is 22.3 Å². The van der Waals surface area contributed by atoms with E-state index in [1.165, 1.54) is 11.1 Å². The number of hydrogen-bond acceptors (Lipinski definition) is 4. The number of nitrogens with one attached hydrogen (secondary N) is 2. The van der Waals surface area contributed by atoms with E-state index < -0.39 is 0 Å². The van der Waals surface area contributed by atoms with Crippen LogP contribution in [0.5, 0.6) is 0 Å². The summed E-state index contributed by atoms with van der Waals surface area (Å²) in [6.45, 7) is 4.75. The minimum Gasteiger partial charge on any atom is -0.365 e. The number of aromatic nitrogens is 2. The SMILES string of the molecule is Cc1cccc(CNc2ccc(NC(=O)Cc3cccc(C)c3)nn2)c1. The number of hydrogen-bond donors (Lipinski definition) is 2. The molecule has 1 aromatic heterocycles. The fourth-order valence-corrected chi connectivity index (χ4v) is 2.70. The molecule has 1 heterocycles. The summed E-state index contributed by atoms with van der Waals surface area (Å²) in [7, 11) is 0. The Morgan fingerprint density at radius 2 is 1.46 bits per heavy atom. The van der Waals surface area contributed by atoms with Gasteiger partial charge in [-0.1, -0.05) is 59.7 Å². The first-order chi connectivity index (χ1) is 12.6. The maximum Gasteiger partial charge on any atom is 0.229 e. The van der Waals surface area contributed by atoms with E-state index >= 15 is 0 Å². The average Bonchev–Trinajstić information content (AvgIpc) is 2.61. The van der Waals surface area contributed by atoms with Gasteiger partial charge in [-0.15, -0.1) is 10.2 Å². The smallest absolute Gasteiger partial charge is 0.229 e. The Balaban J connectivity index is 1.53. The van der Waals surface area contributed by atoms with Crippen molar-refractivity contribution in [2.24, 2.45) is 0 Å². The lowest BCUT2D eigenvalue weighted by molar-refractivity contribution is -0.115. The molecular formula is C21H22N4O. The van der Waals surface area contributed by atoms with E-state index in [9.17, 15) is 4.79 Å². The van der Waals surface area contributed by atoms with Crippen LogP contribution in [0.15, 0.2) is 60.7 Å². The summed E-state index contributed by atoms with van der Waals surface area (Å²) < 4.78 is 0. The molecule has 2 aromatic carbocycles. The molecule has 0 radical (unpaired) electrons. The van der Waals surface area contributed by atoms with Crippen LogP contribution in [-0.2, 0) is 17.8 Å². The zero-order valence-corrected chi connectivity index (χ0v) is 15.0. The van der Waals surface area contributed by atoms with Crippen LogP contribution in [0.2, 0.25) is 0 Å². The second-order valence-corrected chi connectivity index (χ2v) is 6.36. The molecule has 0 atom stereocenters. The molecular weight excluding hydrogens is 324 g/mol. The number of nitrogens with zero attached hydrogens (tertiary/aromatic N) is 2. The van der Waals surface area contributed by atoms with E-state index in [-0.39, 0.29) is 5.91 Å². The Labute approximate surface area is 153 Å². The zero-order valence-electron chi connectivity index (χ0n) is 15.0. The summed E-state index contributed by atoms with van der Waals surface area (Å²) in [5.74, 6) is 1.01. The molecule has 0 spiro atoms. The van der Waals surface area contributed by atoms with E-state index in [0.717, 1.165) is 11.1 Å². The van der Waals surface area contributed by atoms with Gasteiger partial charge in [-0.05, 0) is 37.1 Å². The summed E-state index contributed by atoms with van der Waals surface area (Å²) in [6.07, 6.45) is 0.316. The van der Waals surface area contributed by atoms with E-state index in [0.29, 0.717) is 24.6 Å². The summed E-state index contributed by atoms with van der Waals surface area (Å²) in [4.78, 5) is 12.1. The number of carbonyl (C=O) groups excluding carboxylic acids is 1. The Hall–Kier alpha value is -3.21. The van der Waals surface area contributed by atoms with Gasteiger partial charge in [0.05, 0.1) is 6.42 Å². The molecule has 3 aromatic rings. The van der Waals surface area contributed by atoms with Gasteiger partial charge in [-0.3, -0.25) is 4.79 Å². The number of rotatable bonds is 6. The molecule has 0 saturated heterocycles. The lowest BCUT2D eigenvalue weighted by Crippen LogP contribution is -2.16. The number of benzene rings is 2. The highest BCUT2D eigenvalue weighted by atomic mass is 16.1. The molecule has 0 unspecified atom stereocenters. The van der Waals surface area contributed by atoms with Gasteiger partial charge < -0.3 is 10.6 Å². The summed E-state index contributed by atoms with van der Waals surface area (Å²) >= 11 is 0. The number of anilines is 2. The largest absolute Gasteiger partial charge is 0.365 e. The van der Waals surface area contributed by atoms with Gasteiger partial charge in [-0.25, -0.2) is 0 Å². The van der Waals surface area contributed by atoms with Gasteiger partial charge >= 0.3 is 0 Å². The topological polar surface area (TPSA) is 66.9 Å². The number of aryl methyl sites for hydroxylation is 2. The summed E-state index contributed by atoms with van der Waals surface area (Å²) in [5.41, 5.74) is 4.52. The molecule has 0 bridgehead atoms. The molecule has 0 aliphatic carbocycles. The Bertz CT molecular complexity index is 891. The van der Waals surface area contributed by atoms with Crippen molar-refractivity contribution < 1.29 is 4.79 Å². The molecule has 0 aliphatic rings. The van der Waals surface area contributed by atoms with Gasteiger partial charge in [0, 0.05) is 6.54 Å².